The van der Waals surface area contributed by atoms with Crippen molar-refractivity contribution in [3.8, 4) is 0 Å². The smallest absolute Gasteiger partial charge is 0.308 e. The lowest BCUT2D eigenvalue weighted by atomic mass is 9.89. The Balaban J connectivity index is 2.10. The number of aliphatic hydroxyl groups excluding tert-OH is 3. The molecule has 0 aromatic rings. The van der Waals surface area contributed by atoms with Gasteiger partial charge in [0.05, 0.1) is 6.61 Å². The van der Waals surface area contributed by atoms with Gasteiger partial charge in [-0.3, -0.25) is 4.79 Å². The highest BCUT2D eigenvalue weighted by atomic mass is 16.7. The number of ether oxygens (including phenoxy) is 2. The summed E-state index contributed by atoms with van der Waals surface area (Å²) < 4.78 is 9.96. The lowest BCUT2D eigenvalue weighted by Gasteiger charge is -2.50. The van der Waals surface area contributed by atoms with Gasteiger partial charge in [-0.05, 0) is 13.3 Å². The van der Waals surface area contributed by atoms with Gasteiger partial charge in [0.25, 0.3) is 5.79 Å². The second-order valence-electron chi connectivity index (χ2n) is 9.63. The average molecular weight is 477 g/mol. The van der Waals surface area contributed by atoms with Crippen molar-refractivity contribution >= 4 is 5.97 Å². The van der Waals surface area contributed by atoms with E-state index in [0.717, 1.165) is 26.2 Å². The Morgan fingerprint density at radius 3 is 1.67 bits per heavy atom. The normalized spacial score (nSPS) is 29.8. The van der Waals surface area contributed by atoms with Crippen LogP contribution in [0.1, 0.15) is 117 Å². The highest BCUT2D eigenvalue weighted by Crippen LogP contribution is 2.37. The van der Waals surface area contributed by atoms with Gasteiger partial charge in [0.1, 0.15) is 12.2 Å². The summed E-state index contributed by atoms with van der Waals surface area (Å²) in [6, 6.07) is 0. The molecule has 8 nitrogen and oxygen atoms in total. The molecule has 1 fully saturated rings. The molecule has 5 atom stereocenters. The zero-order valence-corrected chi connectivity index (χ0v) is 20.7. The zero-order valence-electron chi connectivity index (χ0n) is 20.7. The van der Waals surface area contributed by atoms with Gasteiger partial charge in [-0.1, -0.05) is 96.8 Å². The number of esters is 1. The molecule has 0 aromatic heterocycles. The van der Waals surface area contributed by atoms with E-state index in [9.17, 15) is 25.2 Å². The first-order chi connectivity index (χ1) is 15.7. The van der Waals surface area contributed by atoms with Crippen molar-refractivity contribution in [3.05, 3.63) is 0 Å². The first kappa shape index (κ1) is 30.3. The van der Waals surface area contributed by atoms with Crippen LogP contribution < -0.4 is 0 Å². The fraction of sp³-hybridized carbons (Fsp3) is 0.960. The minimum atomic E-state index is -2.83. The van der Waals surface area contributed by atoms with Gasteiger partial charge >= 0.3 is 5.97 Å². The van der Waals surface area contributed by atoms with Crippen LogP contribution in [0, 0.1) is 0 Å². The van der Waals surface area contributed by atoms with Crippen LogP contribution in [-0.2, 0) is 14.3 Å². The summed E-state index contributed by atoms with van der Waals surface area (Å²) in [5, 5.41) is 50.1. The minimum absolute atomic E-state index is 0.0168. The summed E-state index contributed by atoms with van der Waals surface area (Å²) >= 11 is 0. The van der Waals surface area contributed by atoms with Crippen molar-refractivity contribution in [3.63, 3.8) is 0 Å². The summed E-state index contributed by atoms with van der Waals surface area (Å²) in [7, 11) is 0. The molecule has 0 bridgehead atoms. The number of rotatable bonds is 18. The van der Waals surface area contributed by atoms with Gasteiger partial charge < -0.3 is 35.0 Å². The van der Waals surface area contributed by atoms with Crippen molar-refractivity contribution < 1.29 is 39.8 Å². The van der Waals surface area contributed by atoms with Gasteiger partial charge in [-0.2, -0.15) is 0 Å². The van der Waals surface area contributed by atoms with Crippen molar-refractivity contribution in [2.75, 3.05) is 6.61 Å². The first-order valence-corrected chi connectivity index (χ1v) is 13.0. The maximum atomic E-state index is 12.2. The predicted molar refractivity (Wildman–Crippen MR) is 125 cm³/mol. The number of unbranched alkanes of at least 4 members (excludes halogenated alkanes) is 14. The van der Waals surface area contributed by atoms with Crippen LogP contribution in [0.4, 0.5) is 0 Å². The van der Waals surface area contributed by atoms with E-state index in [2.05, 4.69) is 6.92 Å². The zero-order chi connectivity index (χ0) is 24.7. The molecule has 0 aromatic carbocycles. The van der Waals surface area contributed by atoms with Crippen LogP contribution in [0.15, 0.2) is 0 Å². The number of carbonyl (C=O) groups is 1. The lowest BCUT2D eigenvalue weighted by Crippen LogP contribution is -2.73. The van der Waals surface area contributed by atoms with Gasteiger partial charge in [0.15, 0.2) is 6.10 Å². The summed E-state index contributed by atoms with van der Waals surface area (Å²) in [5.41, 5.74) is 0. The van der Waals surface area contributed by atoms with Crippen molar-refractivity contribution in [2.24, 2.45) is 0 Å². The van der Waals surface area contributed by atoms with E-state index < -0.39 is 42.5 Å². The van der Waals surface area contributed by atoms with Crippen LogP contribution in [-0.4, -0.2) is 68.0 Å². The fourth-order valence-electron chi connectivity index (χ4n) is 4.32. The molecule has 1 rings (SSSR count). The van der Waals surface area contributed by atoms with Crippen LogP contribution in [0.3, 0.4) is 0 Å². The Morgan fingerprint density at radius 1 is 0.818 bits per heavy atom. The molecule has 1 aliphatic rings. The molecular formula is C25H48O8. The summed E-state index contributed by atoms with van der Waals surface area (Å²) in [6.07, 6.45) is 13.0. The quantitative estimate of drug-likeness (QED) is 0.115. The van der Waals surface area contributed by atoms with Gasteiger partial charge in [-0.15, -0.1) is 0 Å². The maximum Gasteiger partial charge on any atom is 0.308 e. The van der Waals surface area contributed by atoms with E-state index in [1.807, 2.05) is 0 Å². The maximum absolute atomic E-state index is 12.2. The fourth-order valence-corrected chi connectivity index (χ4v) is 4.32. The molecule has 33 heavy (non-hydrogen) atoms. The van der Waals surface area contributed by atoms with Gasteiger partial charge in [-0.25, -0.2) is 0 Å². The van der Waals surface area contributed by atoms with Gasteiger partial charge in [0.2, 0.25) is 5.79 Å². The molecule has 196 valence electrons. The summed E-state index contributed by atoms with van der Waals surface area (Å²) in [5.74, 6) is -6.11. The largest absolute Gasteiger partial charge is 0.424 e. The Morgan fingerprint density at radius 2 is 1.24 bits per heavy atom. The van der Waals surface area contributed by atoms with Crippen LogP contribution in [0.5, 0.6) is 0 Å². The molecule has 1 heterocycles. The Hall–Kier alpha value is -0.770. The van der Waals surface area contributed by atoms with Crippen LogP contribution in [0.2, 0.25) is 0 Å². The standard InChI is InChI=1S/C25H48O8/c1-3-4-5-6-7-8-9-10-11-12-13-14-15-16-17-18-21(27)33-25(31)23(29)22(28)20(19-26)32-24(25,2)30/h20,22-23,26,28-31H,3-19H2,1-2H3/t20-,22-,23+,24?,25-/m1/s1. The lowest BCUT2D eigenvalue weighted by molar-refractivity contribution is -0.440. The molecule has 0 aliphatic carbocycles. The van der Waals surface area contributed by atoms with E-state index in [4.69, 9.17) is 14.6 Å². The molecule has 0 amide bonds. The number of hydrogen-bond acceptors (Lipinski definition) is 8. The van der Waals surface area contributed by atoms with E-state index >= 15 is 0 Å². The Labute approximate surface area is 199 Å². The highest BCUT2D eigenvalue weighted by Gasteiger charge is 2.64. The number of carbonyl (C=O) groups excluding carboxylic acids is 1. The molecule has 1 aliphatic heterocycles. The SMILES string of the molecule is CCCCCCCCCCCCCCCCCC(=O)O[C@]1(O)[C@@H](O)[C@H](O)[C@@H](CO)OC1(C)O. The van der Waals surface area contributed by atoms with Crippen molar-refractivity contribution in [1.82, 2.24) is 0 Å². The van der Waals surface area contributed by atoms with E-state index in [1.54, 1.807) is 0 Å². The molecule has 5 N–H and O–H groups in total. The molecule has 8 heteroatoms. The summed E-state index contributed by atoms with van der Waals surface area (Å²) in [4.78, 5) is 12.2. The molecular weight excluding hydrogens is 428 g/mol. The summed E-state index contributed by atoms with van der Waals surface area (Å²) in [6.45, 7) is 2.57. The third-order valence-electron chi connectivity index (χ3n) is 6.58. The van der Waals surface area contributed by atoms with Crippen molar-refractivity contribution in [1.29, 1.82) is 0 Å². The predicted octanol–water partition coefficient (Wildman–Crippen LogP) is 3.30. The van der Waals surface area contributed by atoms with Crippen LogP contribution >= 0.6 is 0 Å². The third kappa shape index (κ3) is 10.2. The monoisotopic (exact) mass is 476 g/mol. The third-order valence-corrected chi connectivity index (χ3v) is 6.58. The Bertz CT molecular complexity index is 527. The van der Waals surface area contributed by atoms with Crippen LogP contribution in [0.25, 0.3) is 0 Å². The molecule has 1 unspecified atom stereocenters. The van der Waals surface area contributed by atoms with Crippen molar-refractivity contribution in [2.45, 2.75) is 146 Å². The van der Waals surface area contributed by atoms with E-state index in [1.165, 1.54) is 70.6 Å². The topological polar surface area (TPSA) is 137 Å². The number of aliphatic hydroxyl groups is 5. The van der Waals surface area contributed by atoms with Gasteiger partial charge in [0, 0.05) is 6.42 Å². The molecule has 0 saturated carbocycles. The highest BCUT2D eigenvalue weighted by molar-refractivity contribution is 5.70. The Kier molecular flexibility index (Phi) is 14.7. The number of hydrogen-bond donors (Lipinski definition) is 5. The second kappa shape index (κ2) is 16.0. The second-order valence-corrected chi connectivity index (χ2v) is 9.63. The minimum Gasteiger partial charge on any atom is -0.424 e. The van der Waals surface area contributed by atoms with E-state index in [0.29, 0.717) is 6.42 Å². The molecule has 0 radical (unpaired) electrons. The van der Waals surface area contributed by atoms with E-state index in [-0.39, 0.29) is 6.42 Å². The molecule has 0 spiro atoms. The average Bonchev–Trinajstić information content (AvgIpc) is 2.78. The first-order valence-electron chi connectivity index (χ1n) is 13.0. The molecule has 1 saturated heterocycles.